The maximum absolute atomic E-state index is 9.64. The summed E-state index contributed by atoms with van der Waals surface area (Å²) in [6, 6.07) is 3.47. The summed E-state index contributed by atoms with van der Waals surface area (Å²) in [6.45, 7) is 7.57. The first-order chi connectivity index (χ1) is 7.63. The Morgan fingerprint density at radius 1 is 1.12 bits per heavy atom. The summed E-state index contributed by atoms with van der Waals surface area (Å²) in [7, 11) is 0. The number of phenols is 2. The van der Waals surface area contributed by atoms with E-state index in [2.05, 4.69) is 13.8 Å². The molecule has 0 radical (unpaired) electrons. The predicted octanol–water partition coefficient (Wildman–Crippen LogP) is 2.39. The summed E-state index contributed by atoms with van der Waals surface area (Å²) < 4.78 is 0.920. The van der Waals surface area contributed by atoms with Gasteiger partial charge in [-0.15, -0.1) is 0 Å². The number of hydrogen-bond donors (Lipinski definition) is 2. The number of phenolic OH excluding ortho intramolecular Hbond substituents is 2. The van der Waals surface area contributed by atoms with Crippen LogP contribution in [0, 0.1) is 0 Å². The smallest absolute Gasteiger partial charge is 0.163 e. The molecule has 0 unspecified atom stereocenters. The Bertz CT molecular complexity index is 397. The first-order valence-electron chi connectivity index (χ1n) is 6.04. The van der Waals surface area contributed by atoms with Gasteiger partial charge < -0.3 is 10.2 Å². The molecule has 16 heavy (non-hydrogen) atoms. The highest BCUT2D eigenvalue weighted by atomic mass is 16.3. The molecule has 3 heteroatoms. The lowest BCUT2D eigenvalue weighted by Gasteiger charge is -2.40. The second kappa shape index (κ2) is 3.98. The highest BCUT2D eigenvalue weighted by Gasteiger charge is 2.33. The number of fused-ring (bicyclic) bond motifs is 1. The summed E-state index contributed by atoms with van der Waals surface area (Å²) in [5, 5.41) is 19.2. The van der Waals surface area contributed by atoms with Gasteiger partial charge in [-0.25, -0.2) is 0 Å². The van der Waals surface area contributed by atoms with Crippen LogP contribution < -0.4 is 4.48 Å². The van der Waals surface area contributed by atoms with Gasteiger partial charge in [0.2, 0.25) is 0 Å². The maximum atomic E-state index is 9.64. The molecule has 0 saturated heterocycles. The van der Waals surface area contributed by atoms with Gasteiger partial charge in [0.05, 0.1) is 19.6 Å². The Labute approximate surface area is 96.5 Å². The SMILES string of the molecule is CC[N+]1(CC)CCCc2cc(O)c(O)cc21. The van der Waals surface area contributed by atoms with Gasteiger partial charge in [0.1, 0.15) is 5.69 Å². The second-order valence-corrected chi connectivity index (χ2v) is 4.57. The third kappa shape index (κ3) is 1.55. The van der Waals surface area contributed by atoms with Crippen LogP contribution in [0.5, 0.6) is 11.5 Å². The molecule has 1 aromatic carbocycles. The van der Waals surface area contributed by atoms with Crippen molar-refractivity contribution in [1.29, 1.82) is 0 Å². The van der Waals surface area contributed by atoms with Crippen LogP contribution in [0.2, 0.25) is 0 Å². The highest BCUT2D eigenvalue weighted by molar-refractivity contribution is 5.60. The van der Waals surface area contributed by atoms with Crippen LogP contribution in [0.3, 0.4) is 0 Å². The van der Waals surface area contributed by atoms with Gasteiger partial charge >= 0.3 is 0 Å². The average Bonchev–Trinajstić information content (AvgIpc) is 2.30. The number of nitrogens with zero attached hydrogens (tertiary/aromatic N) is 1. The van der Waals surface area contributed by atoms with E-state index in [1.165, 1.54) is 11.3 Å². The fourth-order valence-electron chi connectivity index (χ4n) is 2.82. The lowest BCUT2D eigenvalue weighted by Crippen LogP contribution is -2.52. The number of aryl methyl sites for hydroxylation is 1. The van der Waals surface area contributed by atoms with Crippen molar-refractivity contribution in [2.75, 3.05) is 19.6 Å². The van der Waals surface area contributed by atoms with Crippen molar-refractivity contribution < 1.29 is 10.2 Å². The minimum absolute atomic E-state index is 0.00468. The van der Waals surface area contributed by atoms with Crippen molar-refractivity contribution >= 4 is 5.69 Å². The topological polar surface area (TPSA) is 40.5 Å². The molecule has 1 aromatic rings. The molecule has 0 spiro atoms. The number of rotatable bonds is 2. The molecular weight excluding hydrogens is 202 g/mol. The number of benzene rings is 1. The molecule has 0 fully saturated rings. The highest BCUT2D eigenvalue weighted by Crippen LogP contribution is 2.40. The lowest BCUT2D eigenvalue weighted by molar-refractivity contribution is 0.278. The standard InChI is InChI=1S/C13H19NO2/c1-3-14(4-2)7-5-6-10-8-12(15)13(16)9-11(10)14/h8-9H,3-7H2,1-2H3,(H-,15,16)/p+1. The van der Waals surface area contributed by atoms with Gasteiger partial charge in [-0.3, -0.25) is 4.48 Å². The molecule has 1 heterocycles. The lowest BCUT2D eigenvalue weighted by atomic mass is 9.98. The Morgan fingerprint density at radius 2 is 1.75 bits per heavy atom. The van der Waals surface area contributed by atoms with E-state index in [1.807, 2.05) is 0 Å². The average molecular weight is 222 g/mol. The molecule has 1 aliphatic rings. The zero-order chi connectivity index (χ0) is 11.8. The van der Waals surface area contributed by atoms with E-state index >= 15 is 0 Å². The molecule has 2 N–H and O–H groups in total. The Hall–Kier alpha value is -1.22. The van der Waals surface area contributed by atoms with Crippen molar-refractivity contribution in [3.8, 4) is 11.5 Å². The molecular formula is C13H20NO2+. The Kier molecular flexibility index (Phi) is 2.80. The third-order valence-corrected chi connectivity index (χ3v) is 3.93. The van der Waals surface area contributed by atoms with Crippen LogP contribution >= 0.6 is 0 Å². The van der Waals surface area contributed by atoms with Gasteiger partial charge in [-0.2, -0.15) is 0 Å². The van der Waals surface area contributed by atoms with Crippen LogP contribution in [0.4, 0.5) is 5.69 Å². The molecule has 0 bridgehead atoms. The zero-order valence-electron chi connectivity index (χ0n) is 10.0. The molecule has 0 atom stereocenters. The van der Waals surface area contributed by atoms with Gasteiger partial charge in [-0.1, -0.05) is 0 Å². The fraction of sp³-hybridized carbons (Fsp3) is 0.538. The van der Waals surface area contributed by atoms with E-state index in [4.69, 9.17) is 0 Å². The summed E-state index contributed by atoms with van der Waals surface area (Å²) in [4.78, 5) is 0. The van der Waals surface area contributed by atoms with Crippen molar-refractivity contribution in [3.05, 3.63) is 17.7 Å². The van der Waals surface area contributed by atoms with Crippen molar-refractivity contribution in [2.24, 2.45) is 0 Å². The van der Waals surface area contributed by atoms with Crippen molar-refractivity contribution in [1.82, 2.24) is 4.48 Å². The Morgan fingerprint density at radius 3 is 2.38 bits per heavy atom. The van der Waals surface area contributed by atoms with E-state index in [1.54, 1.807) is 12.1 Å². The van der Waals surface area contributed by atoms with E-state index in [0.29, 0.717) is 0 Å². The largest absolute Gasteiger partial charge is 0.504 e. The molecule has 0 aliphatic carbocycles. The van der Waals surface area contributed by atoms with Crippen LogP contribution in [0.15, 0.2) is 12.1 Å². The first kappa shape index (κ1) is 11.3. The van der Waals surface area contributed by atoms with Crippen molar-refractivity contribution in [3.63, 3.8) is 0 Å². The van der Waals surface area contributed by atoms with E-state index in [9.17, 15) is 10.2 Å². The molecule has 88 valence electrons. The van der Waals surface area contributed by atoms with Crippen LogP contribution in [-0.2, 0) is 6.42 Å². The third-order valence-electron chi connectivity index (χ3n) is 3.93. The summed E-state index contributed by atoms with van der Waals surface area (Å²) in [5.74, 6) is 0.0102. The molecule has 3 nitrogen and oxygen atoms in total. The molecule has 0 aromatic heterocycles. The maximum Gasteiger partial charge on any atom is 0.163 e. The van der Waals surface area contributed by atoms with Gasteiger partial charge in [0, 0.05) is 18.1 Å². The number of hydrogen-bond acceptors (Lipinski definition) is 2. The van der Waals surface area contributed by atoms with Gasteiger partial charge in [0.15, 0.2) is 11.5 Å². The van der Waals surface area contributed by atoms with E-state index < -0.39 is 0 Å². The molecule has 2 rings (SSSR count). The van der Waals surface area contributed by atoms with E-state index in [0.717, 1.165) is 37.0 Å². The Balaban J connectivity index is 2.57. The minimum atomic E-state index is 0.00468. The monoisotopic (exact) mass is 222 g/mol. The van der Waals surface area contributed by atoms with Crippen LogP contribution in [0.25, 0.3) is 0 Å². The summed E-state index contributed by atoms with van der Waals surface area (Å²) >= 11 is 0. The molecule has 1 aliphatic heterocycles. The van der Waals surface area contributed by atoms with Crippen molar-refractivity contribution in [2.45, 2.75) is 26.7 Å². The van der Waals surface area contributed by atoms with Crippen LogP contribution in [-0.4, -0.2) is 29.8 Å². The predicted molar refractivity (Wildman–Crippen MR) is 65.8 cm³/mol. The first-order valence-corrected chi connectivity index (χ1v) is 6.04. The molecule has 0 saturated carbocycles. The zero-order valence-corrected chi connectivity index (χ0v) is 10.0. The number of quaternary nitrogens is 1. The van der Waals surface area contributed by atoms with Gasteiger partial charge in [-0.05, 0) is 26.3 Å². The summed E-state index contributed by atoms with van der Waals surface area (Å²) in [5.41, 5.74) is 2.37. The quantitative estimate of drug-likeness (QED) is 0.596. The minimum Gasteiger partial charge on any atom is -0.504 e. The van der Waals surface area contributed by atoms with Crippen LogP contribution in [0.1, 0.15) is 25.8 Å². The second-order valence-electron chi connectivity index (χ2n) is 4.57. The fourth-order valence-corrected chi connectivity index (χ4v) is 2.82. The normalized spacial score (nSPS) is 18.1. The molecule has 0 amide bonds. The van der Waals surface area contributed by atoms with Gasteiger partial charge in [0.25, 0.3) is 0 Å². The van der Waals surface area contributed by atoms with E-state index in [-0.39, 0.29) is 11.5 Å². The number of aromatic hydroxyl groups is 2. The summed E-state index contributed by atoms with van der Waals surface area (Å²) in [6.07, 6.45) is 2.15.